The van der Waals surface area contributed by atoms with Crippen molar-refractivity contribution in [1.82, 2.24) is 0 Å². The van der Waals surface area contributed by atoms with Gasteiger partial charge in [-0.2, -0.15) is 0 Å². The minimum absolute atomic E-state index is 0.134. The molecule has 0 aliphatic rings. The molecule has 0 heterocycles. The molecule has 52 heavy (non-hydrogen) atoms. The van der Waals surface area contributed by atoms with E-state index in [-0.39, 0.29) is 16.7 Å². The lowest BCUT2D eigenvalue weighted by atomic mass is 10.1. The Morgan fingerprint density at radius 1 is 0.269 bits per heavy atom. The highest BCUT2D eigenvalue weighted by atomic mass is 19.2. The molecule has 0 spiro atoms. The van der Waals surface area contributed by atoms with E-state index in [0.717, 1.165) is 36.4 Å². The molecule has 0 N–H and O–H groups in total. The quantitative estimate of drug-likeness (QED) is 0.0819. The molecule has 1 nitrogen and oxygen atoms in total. The van der Waals surface area contributed by atoms with E-state index in [9.17, 15) is 39.5 Å². The van der Waals surface area contributed by atoms with E-state index < -0.39 is 52.4 Å². The van der Waals surface area contributed by atoms with E-state index in [4.69, 9.17) is 0 Å². The van der Waals surface area contributed by atoms with Crippen molar-refractivity contribution < 1.29 is 39.5 Å². The Morgan fingerprint density at radius 2 is 0.462 bits per heavy atom. The van der Waals surface area contributed by atoms with Gasteiger partial charge < -0.3 is 4.90 Å². The zero-order chi connectivity index (χ0) is 36.9. The maximum Gasteiger partial charge on any atom is 0.194 e. The summed E-state index contributed by atoms with van der Waals surface area (Å²) in [4.78, 5) is 1.91. The topological polar surface area (TPSA) is 3.24 Å². The maximum absolute atomic E-state index is 13.7. The van der Waals surface area contributed by atoms with E-state index in [1.54, 1.807) is 54.6 Å². The minimum atomic E-state index is -1.55. The van der Waals surface area contributed by atoms with Crippen molar-refractivity contribution >= 4 is 53.5 Å². The van der Waals surface area contributed by atoms with Crippen LogP contribution in [0.4, 0.5) is 56.6 Å². The molecule has 0 unspecified atom stereocenters. The number of nitrogens with zero attached hydrogens (tertiary/aromatic N) is 1. The van der Waals surface area contributed by atoms with Crippen molar-refractivity contribution in [2.24, 2.45) is 0 Å². The highest BCUT2D eigenvalue weighted by Crippen LogP contribution is 2.35. The van der Waals surface area contributed by atoms with Gasteiger partial charge in [0.2, 0.25) is 0 Å². The molecule has 0 aliphatic carbocycles. The van der Waals surface area contributed by atoms with Crippen molar-refractivity contribution in [3.8, 4) is 0 Å². The second kappa shape index (κ2) is 15.3. The van der Waals surface area contributed by atoms with Crippen LogP contribution in [-0.2, 0) is 0 Å². The SMILES string of the molecule is Fc1cc(C=Cc2ccc(N(c3ccc(C=Cc4cc(F)c(F)c(F)c4)cc3)c3ccc(C=Cc4cc(F)c(F)c(F)c4)cc3)cc2)cc(F)c1F. The summed E-state index contributed by atoms with van der Waals surface area (Å²) in [5.74, 6) is -12.5. The predicted molar refractivity (Wildman–Crippen MR) is 187 cm³/mol. The Morgan fingerprint density at radius 3 is 0.673 bits per heavy atom. The Hall–Kier alpha value is -6.29. The zero-order valence-corrected chi connectivity index (χ0v) is 26.7. The zero-order valence-electron chi connectivity index (χ0n) is 26.7. The van der Waals surface area contributed by atoms with Crippen LogP contribution < -0.4 is 4.90 Å². The molecule has 0 aromatic heterocycles. The van der Waals surface area contributed by atoms with Crippen molar-refractivity contribution in [3.63, 3.8) is 0 Å². The smallest absolute Gasteiger partial charge is 0.194 e. The van der Waals surface area contributed by atoms with E-state index in [1.807, 2.05) is 41.3 Å². The number of hydrogen-bond acceptors (Lipinski definition) is 1. The van der Waals surface area contributed by atoms with Gasteiger partial charge in [-0.1, -0.05) is 72.9 Å². The van der Waals surface area contributed by atoms with Crippen LogP contribution in [0.3, 0.4) is 0 Å². The second-order valence-electron chi connectivity index (χ2n) is 11.5. The first kappa shape index (κ1) is 35.5. The minimum Gasteiger partial charge on any atom is -0.311 e. The lowest BCUT2D eigenvalue weighted by Crippen LogP contribution is -2.09. The third-order valence-corrected chi connectivity index (χ3v) is 7.88. The Labute approximate surface area is 292 Å². The van der Waals surface area contributed by atoms with Crippen molar-refractivity contribution in [1.29, 1.82) is 0 Å². The van der Waals surface area contributed by atoms with Gasteiger partial charge in [0, 0.05) is 17.1 Å². The summed E-state index contributed by atoms with van der Waals surface area (Å²) >= 11 is 0. The van der Waals surface area contributed by atoms with Crippen molar-refractivity contribution in [3.05, 3.63) is 195 Å². The molecule has 0 saturated carbocycles. The summed E-state index contributed by atoms with van der Waals surface area (Å²) < 4.78 is 122. The number of halogens is 9. The van der Waals surface area contributed by atoms with Crippen molar-refractivity contribution in [2.45, 2.75) is 0 Å². The lowest BCUT2D eigenvalue weighted by molar-refractivity contribution is 0.447. The number of benzene rings is 6. The maximum atomic E-state index is 13.7. The van der Waals surface area contributed by atoms with Crippen LogP contribution in [-0.4, -0.2) is 0 Å². The molecular weight excluding hydrogens is 689 g/mol. The van der Waals surface area contributed by atoms with Gasteiger partial charge in [-0.25, -0.2) is 39.5 Å². The van der Waals surface area contributed by atoms with E-state index in [1.165, 1.54) is 18.2 Å². The monoisotopic (exact) mass is 713 g/mol. The van der Waals surface area contributed by atoms with Crippen LogP contribution in [0.2, 0.25) is 0 Å². The third kappa shape index (κ3) is 8.18. The average molecular weight is 714 g/mol. The van der Waals surface area contributed by atoms with Crippen LogP contribution in [0, 0.1) is 52.4 Å². The highest BCUT2D eigenvalue weighted by Gasteiger charge is 2.14. The summed E-state index contributed by atoms with van der Waals surface area (Å²) in [5.41, 5.74) is 4.55. The molecule has 0 aliphatic heterocycles. The van der Waals surface area contributed by atoms with Gasteiger partial charge >= 0.3 is 0 Å². The molecular formula is C42H24F9N. The average Bonchev–Trinajstić information content (AvgIpc) is 3.14. The Kier molecular flexibility index (Phi) is 10.5. The van der Waals surface area contributed by atoms with Gasteiger partial charge in [-0.15, -0.1) is 0 Å². The van der Waals surface area contributed by atoms with E-state index in [2.05, 4.69) is 0 Å². The molecule has 0 radical (unpaired) electrons. The second-order valence-corrected chi connectivity index (χ2v) is 11.5. The summed E-state index contributed by atoms with van der Waals surface area (Å²) in [7, 11) is 0. The summed E-state index contributed by atoms with van der Waals surface area (Å²) in [6.07, 6.45) is 9.17. The Balaban J connectivity index is 1.29. The van der Waals surface area contributed by atoms with Gasteiger partial charge in [-0.3, -0.25) is 0 Å². The van der Waals surface area contributed by atoms with Crippen LogP contribution >= 0.6 is 0 Å². The van der Waals surface area contributed by atoms with Gasteiger partial charge in [0.25, 0.3) is 0 Å². The molecule has 10 heteroatoms. The summed E-state index contributed by atoms with van der Waals surface area (Å²) in [6.45, 7) is 0. The van der Waals surface area contributed by atoms with Gasteiger partial charge in [0.1, 0.15) is 0 Å². The molecule has 6 aromatic carbocycles. The fourth-order valence-corrected chi connectivity index (χ4v) is 5.24. The summed E-state index contributed by atoms with van der Waals surface area (Å²) in [6, 6.07) is 26.8. The lowest BCUT2D eigenvalue weighted by Gasteiger charge is -2.26. The van der Waals surface area contributed by atoms with Gasteiger partial charge in [0.15, 0.2) is 52.4 Å². The molecule has 0 amide bonds. The van der Waals surface area contributed by atoms with Crippen LogP contribution in [0.15, 0.2) is 109 Å². The van der Waals surface area contributed by atoms with E-state index >= 15 is 0 Å². The number of hydrogen-bond donors (Lipinski definition) is 0. The largest absolute Gasteiger partial charge is 0.311 e. The van der Waals surface area contributed by atoms with Crippen LogP contribution in [0.25, 0.3) is 36.5 Å². The standard InChI is InChI=1S/C42H24F9N/c43-34-19-28(20-35(44)40(34)49)4-1-25-7-13-31(14-8-25)52(32-15-9-26(10-16-32)2-5-29-21-36(45)41(50)37(46)22-29)33-17-11-27(12-18-33)3-6-30-23-38(47)42(51)39(48)24-30/h1-24H. The third-order valence-electron chi connectivity index (χ3n) is 7.88. The molecule has 6 aromatic rings. The molecule has 0 saturated heterocycles. The van der Waals surface area contributed by atoms with E-state index in [0.29, 0.717) is 33.8 Å². The first-order valence-corrected chi connectivity index (χ1v) is 15.5. The normalized spacial score (nSPS) is 11.7. The molecule has 0 atom stereocenters. The molecule has 260 valence electrons. The summed E-state index contributed by atoms with van der Waals surface area (Å²) in [5, 5.41) is 0. The van der Waals surface area contributed by atoms with Crippen LogP contribution in [0.5, 0.6) is 0 Å². The fourth-order valence-electron chi connectivity index (χ4n) is 5.24. The Bertz CT molecular complexity index is 1990. The molecule has 0 fully saturated rings. The number of anilines is 3. The van der Waals surface area contributed by atoms with Gasteiger partial charge in [0.05, 0.1) is 0 Å². The molecule has 6 rings (SSSR count). The van der Waals surface area contributed by atoms with Crippen molar-refractivity contribution in [2.75, 3.05) is 4.90 Å². The fraction of sp³-hybridized carbons (Fsp3) is 0. The first-order chi connectivity index (χ1) is 24.9. The molecule has 0 bridgehead atoms. The number of rotatable bonds is 9. The van der Waals surface area contributed by atoms with Gasteiger partial charge in [-0.05, 0) is 106 Å². The van der Waals surface area contributed by atoms with Crippen LogP contribution in [0.1, 0.15) is 33.4 Å². The predicted octanol–water partition coefficient (Wildman–Crippen LogP) is 12.9. The highest BCUT2D eigenvalue weighted by molar-refractivity contribution is 5.80. The first-order valence-electron chi connectivity index (χ1n) is 15.5.